The van der Waals surface area contributed by atoms with Gasteiger partial charge in [-0.25, -0.2) is 14.4 Å². The van der Waals surface area contributed by atoms with Crippen LogP contribution < -0.4 is 15.1 Å². The van der Waals surface area contributed by atoms with Gasteiger partial charge in [-0.3, -0.25) is 4.79 Å². The number of hydrogen-bond acceptors (Lipinski definition) is 5. The van der Waals surface area contributed by atoms with Gasteiger partial charge < -0.3 is 15.1 Å². The van der Waals surface area contributed by atoms with Crippen LogP contribution in [0.4, 0.5) is 16.0 Å². The first-order valence-corrected chi connectivity index (χ1v) is 8.74. The first-order chi connectivity index (χ1) is 12.5. The van der Waals surface area contributed by atoms with E-state index in [0.29, 0.717) is 35.4 Å². The summed E-state index contributed by atoms with van der Waals surface area (Å²) < 4.78 is 13.9. The van der Waals surface area contributed by atoms with Crippen LogP contribution in [-0.2, 0) is 0 Å². The predicted octanol–water partition coefficient (Wildman–Crippen LogP) is 2.25. The Morgan fingerprint density at radius 1 is 1.38 bits per heavy atom. The maximum atomic E-state index is 13.9. The molecule has 0 spiro atoms. The van der Waals surface area contributed by atoms with Crippen LogP contribution in [0.5, 0.6) is 0 Å². The Labute approximate surface area is 153 Å². The zero-order valence-electron chi connectivity index (χ0n) is 15.4. The quantitative estimate of drug-likeness (QED) is 0.889. The molecule has 2 aromatic rings. The van der Waals surface area contributed by atoms with Crippen molar-refractivity contribution in [1.82, 2.24) is 15.3 Å². The van der Waals surface area contributed by atoms with Crippen molar-refractivity contribution in [1.29, 1.82) is 0 Å². The summed E-state index contributed by atoms with van der Waals surface area (Å²) in [5.41, 5.74) is 1.77. The van der Waals surface area contributed by atoms with Crippen molar-refractivity contribution in [2.24, 2.45) is 5.92 Å². The molecular formula is C19H24FN5O. The Kier molecular flexibility index (Phi) is 5.35. The molecule has 1 aromatic carbocycles. The maximum Gasteiger partial charge on any atom is 0.254 e. The summed E-state index contributed by atoms with van der Waals surface area (Å²) in [5.74, 6) is 0.499. The van der Waals surface area contributed by atoms with E-state index < -0.39 is 0 Å². The van der Waals surface area contributed by atoms with Crippen molar-refractivity contribution in [2.75, 3.05) is 43.5 Å². The number of nitrogens with zero attached hydrogens (tertiary/aromatic N) is 4. The van der Waals surface area contributed by atoms with E-state index in [9.17, 15) is 9.18 Å². The smallest absolute Gasteiger partial charge is 0.254 e. The van der Waals surface area contributed by atoms with Crippen LogP contribution in [0.15, 0.2) is 30.5 Å². The molecule has 1 aliphatic rings. The van der Waals surface area contributed by atoms with E-state index in [1.54, 1.807) is 30.2 Å². The zero-order valence-corrected chi connectivity index (χ0v) is 15.4. The summed E-state index contributed by atoms with van der Waals surface area (Å²) >= 11 is 0. The third kappa shape index (κ3) is 3.92. The fraction of sp³-hybridized carbons (Fsp3) is 0.421. The molecule has 3 rings (SSSR count). The summed E-state index contributed by atoms with van der Waals surface area (Å²) in [6.07, 6.45) is 2.48. The van der Waals surface area contributed by atoms with Gasteiger partial charge in [-0.05, 0) is 31.4 Å². The molecule has 0 saturated carbocycles. The number of aromatic nitrogens is 2. The fourth-order valence-corrected chi connectivity index (χ4v) is 3.15. The van der Waals surface area contributed by atoms with Crippen LogP contribution in [-0.4, -0.2) is 49.6 Å². The number of amides is 1. The highest BCUT2D eigenvalue weighted by molar-refractivity contribution is 5.95. The molecule has 1 aliphatic heterocycles. The Morgan fingerprint density at radius 3 is 2.85 bits per heavy atom. The summed E-state index contributed by atoms with van der Waals surface area (Å²) in [6, 6.07) is 6.81. The largest absolute Gasteiger partial charge is 0.369 e. The average Bonchev–Trinajstić information content (AvgIpc) is 3.08. The number of hydrogen-bond donors (Lipinski definition) is 1. The van der Waals surface area contributed by atoms with E-state index in [1.807, 2.05) is 25.1 Å². The van der Waals surface area contributed by atoms with E-state index in [-0.39, 0.29) is 11.7 Å². The molecule has 0 bridgehead atoms. The minimum Gasteiger partial charge on any atom is -0.369 e. The van der Waals surface area contributed by atoms with Gasteiger partial charge in [-0.15, -0.1) is 0 Å². The van der Waals surface area contributed by atoms with Crippen molar-refractivity contribution in [3.63, 3.8) is 0 Å². The minimum atomic E-state index is -0.203. The van der Waals surface area contributed by atoms with E-state index in [1.165, 1.54) is 6.07 Å². The van der Waals surface area contributed by atoms with Gasteiger partial charge in [-0.2, -0.15) is 0 Å². The van der Waals surface area contributed by atoms with E-state index in [4.69, 9.17) is 0 Å². The molecule has 1 amide bonds. The summed E-state index contributed by atoms with van der Waals surface area (Å²) in [5, 5.41) is 2.96. The van der Waals surface area contributed by atoms with Gasteiger partial charge in [0.1, 0.15) is 5.82 Å². The topological polar surface area (TPSA) is 61.4 Å². The molecule has 138 valence electrons. The second kappa shape index (κ2) is 7.68. The number of para-hydroxylation sites is 1. The lowest BCUT2D eigenvalue weighted by atomic mass is 10.1. The summed E-state index contributed by atoms with van der Waals surface area (Å²) in [4.78, 5) is 24.8. The maximum absolute atomic E-state index is 13.9. The molecule has 26 heavy (non-hydrogen) atoms. The molecule has 1 N–H and O–H groups in total. The SMILES string of the molecule is Cc1nc(N(C)C)ncc1C(=O)NCC1CCN(c2ccccc2F)C1. The monoisotopic (exact) mass is 357 g/mol. The molecule has 1 fully saturated rings. The summed E-state index contributed by atoms with van der Waals surface area (Å²) in [6.45, 7) is 3.88. The second-order valence-electron chi connectivity index (χ2n) is 6.83. The van der Waals surface area contributed by atoms with Gasteiger partial charge >= 0.3 is 0 Å². The Hall–Kier alpha value is -2.70. The first-order valence-electron chi connectivity index (χ1n) is 8.74. The summed E-state index contributed by atoms with van der Waals surface area (Å²) in [7, 11) is 3.71. The normalized spacial score (nSPS) is 16.6. The predicted molar refractivity (Wildman–Crippen MR) is 100 cm³/mol. The van der Waals surface area contributed by atoms with Crippen LogP contribution in [0.25, 0.3) is 0 Å². The molecule has 0 aliphatic carbocycles. The van der Waals surface area contributed by atoms with Crippen molar-refractivity contribution >= 4 is 17.5 Å². The number of benzene rings is 1. The highest BCUT2D eigenvalue weighted by atomic mass is 19.1. The molecule has 1 saturated heterocycles. The lowest BCUT2D eigenvalue weighted by Crippen LogP contribution is -2.32. The highest BCUT2D eigenvalue weighted by Gasteiger charge is 2.25. The van der Waals surface area contributed by atoms with E-state index in [0.717, 1.165) is 19.5 Å². The van der Waals surface area contributed by atoms with Gasteiger partial charge in [0.2, 0.25) is 5.95 Å². The van der Waals surface area contributed by atoms with Crippen molar-refractivity contribution < 1.29 is 9.18 Å². The molecule has 1 atom stereocenters. The number of anilines is 2. The van der Waals surface area contributed by atoms with Gasteiger partial charge in [0.05, 0.1) is 16.9 Å². The lowest BCUT2D eigenvalue weighted by Gasteiger charge is -2.19. The van der Waals surface area contributed by atoms with Crippen LogP contribution in [0.2, 0.25) is 0 Å². The lowest BCUT2D eigenvalue weighted by molar-refractivity contribution is 0.0947. The zero-order chi connectivity index (χ0) is 18.7. The van der Waals surface area contributed by atoms with Crippen molar-refractivity contribution in [3.05, 3.63) is 47.5 Å². The van der Waals surface area contributed by atoms with Crippen molar-refractivity contribution in [2.45, 2.75) is 13.3 Å². The van der Waals surface area contributed by atoms with E-state index >= 15 is 0 Å². The van der Waals surface area contributed by atoms with Crippen LogP contribution in [0.1, 0.15) is 22.5 Å². The molecule has 0 radical (unpaired) electrons. The van der Waals surface area contributed by atoms with Gasteiger partial charge in [0.15, 0.2) is 0 Å². The number of aryl methyl sites for hydroxylation is 1. The van der Waals surface area contributed by atoms with Crippen LogP contribution in [0.3, 0.4) is 0 Å². The molecule has 1 aromatic heterocycles. The Bertz CT molecular complexity index is 795. The minimum absolute atomic E-state index is 0.169. The second-order valence-corrected chi connectivity index (χ2v) is 6.83. The number of rotatable bonds is 5. The van der Waals surface area contributed by atoms with Gasteiger partial charge in [0.25, 0.3) is 5.91 Å². The molecule has 6 nitrogen and oxygen atoms in total. The van der Waals surface area contributed by atoms with Gasteiger partial charge in [-0.1, -0.05) is 12.1 Å². The third-order valence-corrected chi connectivity index (χ3v) is 4.64. The number of carbonyl (C=O) groups is 1. The van der Waals surface area contributed by atoms with Crippen molar-refractivity contribution in [3.8, 4) is 0 Å². The average molecular weight is 357 g/mol. The number of halogens is 1. The Morgan fingerprint density at radius 2 is 2.15 bits per heavy atom. The molecular weight excluding hydrogens is 333 g/mol. The number of carbonyl (C=O) groups excluding carboxylic acids is 1. The first kappa shape index (κ1) is 18.1. The highest BCUT2D eigenvalue weighted by Crippen LogP contribution is 2.25. The standard InChI is InChI=1S/C19H24FN5O/c1-13-15(11-22-19(23-13)24(2)3)18(26)21-10-14-8-9-25(12-14)17-7-5-4-6-16(17)20/h4-7,11,14H,8-10,12H2,1-3H3,(H,21,26). The van der Waals surface area contributed by atoms with Crippen LogP contribution >= 0.6 is 0 Å². The fourth-order valence-electron chi connectivity index (χ4n) is 3.15. The number of nitrogens with one attached hydrogen (secondary N) is 1. The van der Waals surface area contributed by atoms with Crippen LogP contribution in [0, 0.1) is 18.7 Å². The Balaban J connectivity index is 1.57. The van der Waals surface area contributed by atoms with Gasteiger partial charge in [0, 0.05) is 39.9 Å². The molecule has 7 heteroatoms. The van der Waals surface area contributed by atoms with E-state index in [2.05, 4.69) is 15.3 Å². The molecule has 1 unspecified atom stereocenters. The third-order valence-electron chi connectivity index (χ3n) is 4.64. The molecule has 2 heterocycles.